The van der Waals surface area contributed by atoms with Gasteiger partial charge in [-0.15, -0.1) is 0 Å². The number of carboxylic acids is 1. The van der Waals surface area contributed by atoms with E-state index in [1.54, 1.807) is 6.92 Å². The van der Waals surface area contributed by atoms with E-state index < -0.39 is 26.7 Å². The van der Waals surface area contributed by atoms with Crippen LogP contribution in [-0.2, 0) is 10.0 Å². The van der Waals surface area contributed by atoms with Crippen LogP contribution >= 0.6 is 0 Å². The molecule has 0 radical (unpaired) electrons. The Balaban J connectivity index is 3.18. The van der Waals surface area contributed by atoms with E-state index in [1.807, 2.05) is 0 Å². The topological polar surface area (TPSA) is 83.5 Å². The SMILES string of the molecule is C=C(C)CNS(=O)(=O)c1cc(C(=O)O)ccc1F. The van der Waals surface area contributed by atoms with Gasteiger partial charge in [0.1, 0.15) is 10.7 Å². The molecule has 0 saturated heterocycles. The number of hydrogen-bond acceptors (Lipinski definition) is 3. The molecule has 0 amide bonds. The van der Waals surface area contributed by atoms with Crippen molar-refractivity contribution in [1.29, 1.82) is 0 Å². The lowest BCUT2D eigenvalue weighted by Crippen LogP contribution is -2.26. The van der Waals surface area contributed by atoms with E-state index in [-0.39, 0.29) is 12.1 Å². The Morgan fingerprint density at radius 2 is 2.11 bits per heavy atom. The average Bonchev–Trinajstić information content (AvgIpc) is 2.26. The van der Waals surface area contributed by atoms with Crippen LogP contribution < -0.4 is 4.72 Å². The number of hydrogen-bond donors (Lipinski definition) is 2. The normalized spacial score (nSPS) is 11.2. The van der Waals surface area contributed by atoms with Gasteiger partial charge in [0.25, 0.3) is 0 Å². The molecule has 0 aliphatic heterocycles. The molecule has 1 aromatic rings. The molecule has 0 aliphatic carbocycles. The standard InChI is InChI=1S/C11H12FNO4S/c1-7(2)6-13-18(16,17)10-5-8(11(14)15)3-4-9(10)12/h3-5,13H,1,6H2,2H3,(H,14,15). The molecule has 0 bridgehead atoms. The first kappa shape index (κ1) is 14.3. The van der Waals surface area contributed by atoms with Crippen LogP contribution in [0.25, 0.3) is 0 Å². The molecule has 0 aromatic heterocycles. The molecule has 7 heteroatoms. The largest absolute Gasteiger partial charge is 0.478 e. The number of rotatable bonds is 5. The Morgan fingerprint density at radius 3 is 2.61 bits per heavy atom. The van der Waals surface area contributed by atoms with Crippen molar-refractivity contribution in [1.82, 2.24) is 4.72 Å². The van der Waals surface area contributed by atoms with Gasteiger partial charge in [0.05, 0.1) is 5.56 Å². The maximum Gasteiger partial charge on any atom is 0.335 e. The van der Waals surface area contributed by atoms with Crippen LogP contribution in [0.4, 0.5) is 4.39 Å². The molecule has 0 fully saturated rings. The van der Waals surface area contributed by atoms with Crippen molar-refractivity contribution in [2.24, 2.45) is 0 Å². The van der Waals surface area contributed by atoms with Gasteiger partial charge in [0.2, 0.25) is 10.0 Å². The van der Waals surface area contributed by atoms with Gasteiger partial charge < -0.3 is 5.11 Å². The minimum Gasteiger partial charge on any atom is -0.478 e. The highest BCUT2D eigenvalue weighted by Crippen LogP contribution is 2.16. The number of nitrogens with one attached hydrogen (secondary N) is 1. The van der Waals surface area contributed by atoms with Crippen molar-refractivity contribution in [3.63, 3.8) is 0 Å². The first-order chi connectivity index (χ1) is 8.24. The van der Waals surface area contributed by atoms with Crippen LogP contribution in [0.3, 0.4) is 0 Å². The quantitative estimate of drug-likeness (QED) is 0.794. The average molecular weight is 273 g/mol. The van der Waals surface area contributed by atoms with Crippen LogP contribution in [0.15, 0.2) is 35.2 Å². The van der Waals surface area contributed by atoms with E-state index in [4.69, 9.17) is 5.11 Å². The fraction of sp³-hybridized carbons (Fsp3) is 0.182. The van der Waals surface area contributed by atoms with Crippen molar-refractivity contribution in [3.8, 4) is 0 Å². The molecule has 98 valence electrons. The zero-order valence-corrected chi connectivity index (χ0v) is 10.4. The summed E-state index contributed by atoms with van der Waals surface area (Å²) in [6.07, 6.45) is 0. The smallest absolute Gasteiger partial charge is 0.335 e. The maximum atomic E-state index is 13.4. The Kier molecular flexibility index (Phi) is 4.20. The number of benzene rings is 1. The minimum absolute atomic E-state index is 0.0426. The van der Waals surface area contributed by atoms with Crippen molar-refractivity contribution >= 4 is 16.0 Å². The zero-order chi connectivity index (χ0) is 13.9. The number of carbonyl (C=O) groups is 1. The lowest BCUT2D eigenvalue weighted by Gasteiger charge is -2.08. The Morgan fingerprint density at radius 1 is 1.50 bits per heavy atom. The van der Waals surface area contributed by atoms with Crippen molar-refractivity contribution in [2.75, 3.05) is 6.54 Å². The highest BCUT2D eigenvalue weighted by Gasteiger charge is 2.20. The summed E-state index contributed by atoms with van der Waals surface area (Å²) in [7, 11) is -4.09. The number of carboxylic acid groups (broad SMARTS) is 1. The molecule has 0 unspecified atom stereocenters. The fourth-order valence-electron chi connectivity index (χ4n) is 1.14. The molecule has 0 spiro atoms. The van der Waals surface area contributed by atoms with Gasteiger partial charge in [-0.05, 0) is 25.1 Å². The minimum atomic E-state index is -4.09. The lowest BCUT2D eigenvalue weighted by molar-refractivity contribution is 0.0696. The lowest BCUT2D eigenvalue weighted by atomic mass is 10.2. The van der Waals surface area contributed by atoms with Gasteiger partial charge in [-0.1, -0.05) is 12.2 Å². The van der Waals surface area contributed by atoms with Crippen LogP contribution in [0.5, 0.6) is 0 Å². The van der Waals surface area contributed by atoms with Crippen molar-refractivity contribution in [3.05, 3.63) is 41.7 Å². The number of sulfonamides is 1. The molecule has 0 aliphatic rings. The molecular formula is C11H12FNO4S. The third kappa shape index (κ3) is 3.38. The second kappa shape index (κ2) is 5.28. The molecule has 1 aromatic carbocycles. The van der Waals surface area contributed by atoms with Gasteiger partial charge in [-0.25, -0.2) is 22.3 Å². The molecule has 1 rings (SSSR count). The molecule has 2 N–H and O–H groups in total. The molecule has 0 saturated carbocycles. The first-order valence-corrected chi connectivity index (χ1v) is 6.39. The highest BCUT2D eigenvalue weighted by molar-refractivity contribution is 7.89. The van der Waals surface area contributed by atoms with E-state index in [0.717, 1.165) is 18.2 Å². The summed E-state index contributed by atoms with van der Waals surface area (Å²) in [6, 6.07) is 2.58. The second-order valence-corrected chi connectivity index (χ2v) is 5.47. The van der Waals surface area contributed by atoms with Crippen LogP contribution in [0, 0.1) is 5.82 Å². The van der Waals surface area contributed by atoms with E-state index in [0.29, 0.717) is 5.57 Å². The van der Waals surface area contributed by atoms with E-state index in [2.05, 4.69) is 11.3 Å². The van der Waals surface area contributed by atoms with Gasteiger partial charge in [-0.3, -0.25) is 0 Å². The summed E-state index contributed by atoms with van der Waals surface area (Å²) in [6.45, 7) is 5.07. The van der Waals surface area contributed by atoms with E-state index in [1.165, 1.54) is 0 Å². The van der Waals surface area contributed by atoms with Crippen LogP contribution in [0.2, 0.25) is 0 Å². The number of halogens is 1. The van der Waals surface area contributed by atoms with E-state index >= 15 is 0 Å². The summed E-state index contributed by atoms with van der Waals surface area (Å²) < 4.78 is 39.0. The molecule has 0 heterocycles. The third-order valence-corrected chi connectivity index (χ3v) is 3.45. The highest BCUT2D eigenvalue weighted by atomic mass is 32.2. The molecule has 0 atom stereocenters. The summed E-state index contributed by atoms with van der Waals surface area (Å²) >= 11 is 0. The van der Waals surface area contributed by atoms with Crippen LogP contribution in [-0.4, -0.2) is 26.0 Å². The van der Waals surface area contributed by atoms with Gasteiger partial charge in [0, 0.05) is 6.54 Å². The first-order valence-electron chi connectivity index (χ1n) is 4.91. The zero-order valence-electron chi connectivity index (χ0n) is 9.60. The van der Waals surface area contributed by atoms with E-state index in [9.17, 15) is 17.6 Å². The predicted molar refractivity (Wildman–Crippen MR) is 63.4 cm³/mol. The Bertz CT molecular complexity index is 595. The fourth-order valence-corrected chi connectivity index (χ4v) is 2.34. The number of aromatic carboxylic acids is 1. The molecule has 5 nitrogen and oxygen atoms in total. The molecular weight excluding hydrogens is 261 g/mol. The van der Waals surface area contributed by atoms with Crippen LogP contribution in [0.1, 0.15) is 17.3 Å². The monoisotopic (exact) mass is 273 g/mol. The summed E-state index contributed by atoms with van der Waals surface area (Å²) in [5, 5.41) is 8.73. The van der Waals surface area contributed by atoms with Gasteiger partial charge >= 0.3 is 5.97 Å². The molecule has 18 heavy (non-hydrogen) atoms. The Labute approximate surface area is 104 Å². The van der Waals surface area contributed by atoms with Crippen molar-refractivity contribution < 1.29 is 22.7 Å². The Hall–Kier alpha value is -1.73. The predicted octanol–water partition coefficient (Wildman–Crippen LogP) is 1.38. The van der Waals surface area contributed by atoms with Gasteiger partial charge in [-0.2, -0.15) is 0 Å². The van der Waals surface area contributed by atoms with Crippen molar-refractivity contribution in [2.45, 2.75) is 11.8 Å². The summed E-state index contributed by atoms with van der Waals surface area (Å²) in [5.74, 6) is -2.33. The third-order valence-electron chi connectivity index (χ3n) is 2.03. The summed E-state index contributed by atoms with van der Waals surface area (Å²) in [4.78, 5) is 10.0. The second-order valence-electron chi connectivity index (χ2n) is 3.73. The summed E-state index contributed by atoms with van der Waals surface area (Å²) in [5.41, 5.74) is 0.250. The maximum absolute atomic E-state index is 13.4. The van der Waals surface area contributed by atoms with Gasteiger partial charge in [0.15, 0.2) is 0 Å².